The van der Waals surface area contributed by atoms with E-state index in [2.05, 4.69) is 17.1 Å². The van der Waals surface area contributed by atoms with Gasteiger partial charge in [-0.15, -0.1) is 0 Å². The SMILES string of the molecule is Nc1cccc2c1CCC2c1cccnc1. The zero-order valence-corrected chi connectivity index (χ0v) is 9.06. The van der Waals surface area contributed by atoms with Crippen LogP contribution in [-0.4, -0.2) is 4.98 Å². The number of anilines is 1. The highest BCUT2D eigenvalue weighted by molar-refractivity contribution is 5.56. The van der Waals surface area contributed by atoms with Crippen molar-refractivity contribution in [1.29, 1.82) is 0 Å². The number of pyridine rings is 1. The van der Waals surface area contributed by atoms with Crippen molar-refractivity contribution in [2.45, 2.75) is 18.8 Å². The van der Waals surface area contributed by atoms with Crippen molar-refractivity contribution in [1.82, 2.24) is 4.98 Å². The average Bonchev–Trinajstić information content (AvgIpc) is 2.75. The van der Waals surface area contributed by atoms with E-state index in [1.807, 2.05) is 30.6 Å². The molecule has 0 aliphatic heterocycles. The number of nitrogen functional groups attached to an aromatic ring is 1. The Morgan fingerprint density at radius 3 is 2.94 bits per heavy atom. The molecule has 0 amide bonds. The summed E-state index contributed by atoms with van der Waals surface area (Å²) in [5.74, 6) is 0.479. The van der Waals surface area contributed by atoms with Gasteiger partial charge in [0.1, 0.15) is 0 Å². The van der Waals surface area contributed by atoms with E-state index in [9.17, 15) is 0 Å². The van der Waals surface area contributed by atoms with Crippen LogP contribution < -0.4 is 5.73 Å². The molecule has 80 valence electrons. The van der Waals surface area contributed by atoms with E-state index >= 15 is 0 Å². The van der Waals surface area contributed by atoms with Gasteiger partial charge in [-0.3, -0.25) is 4.98 Å². The van der Waals surface area contributed by atoms with Gasteiger partial charge in [-0.2, -0.15) is 0 Å². The summed E-state index contributed by atoms with van der Waals surface area (Å²) in [6, 6.07) is 10.4. The Balaban J connectivity index is 2.07. The van der Waals surface area contributed by atoms with Crippen LogP contribution in [0.25, 0.3) is 0 Å². The fourth-order valence-electron chi connectivity index (χ4n) is 2.61. The highest BCUT2D eigenvalue weighted by Crippen LogP contribution is 2.39. The number of benzene rings is 1. The first-order valence-corrected chi connectivity index (χ1v) is 5.63. The van der Waals surface area contributed by atoms with Crippen LogP contribution in [-0.2, 0) is 6.42 Å². The minimum Gasteiger partial charge on any atom is -0.398 e. The highest BCUT2D eigenvalue weighted by atomic mass is 14.6. The maximum Gasteiger partial charge on any atom is 0.0349 e. The molecule has 0 bridgehead atoms. The largest absolute Gasteiger partial charge is 0.398 e. The smallest absolute Gasteiger partial charge is 0.0349 e. The van der Waals surface area contributed by atoms with E-state index in [1.54, 1.807) is 0 Å². The Hall–Kier alpha value is -1.83. The molecule has 2 heteroatoms. The van der Waals surface area contributed by atoms with E-state index in [0.717, 1.165) is 18.5 Å². The molecule has 1 aromatic heterocycles. The van der Waals surface area contributed by atoms with Gasteiger partial charge in [-0.05, 0) is 41.7 Å². The minimum absolute atomic E-state index is 0.479. The molecular formula is C14H14N2. The molecule has 2 N–H and O–H groups in total. The zero-order chi connectivity index (χ0) is 11.0. The van der Waals surface area contributed by atoms with Crippen molar-refractivity contribution < 1.29 is 0 Å². The van der Waals surface area contributed by atoms with Crippen LogP contribution in [0.4, 0.5) is 5.69 Å². The third-order valence-corrected chi connectivity index (χ3v) is 3.39. The van der Waals surface area contributed by atoms with Gasteiger partial charge in [0.25, 0.3) is 0 Å². The van der Waals surface area contributed by atoms with Crippen molar-refractivity contribution >= 4 is 5.69 Å². The van der Waals surface area contributed by atoms with E-state index in [4.69, 9.17) is 5.73 Å². The molecule has 1 aliphatic rings. The van der Waals surface area contributed by atoms with Crippen LogP contribution in [0.15, 0.2) is 42.7 Å². The lowest BCUT2D eigenvalue weighted by Crippen LogP contribution is -1.97. The van der Waals surface area contributed by atoms with Gasteiger partial charge in [0, 0.05) is 24.0 Å². The van der Waals surface area contributed by atoms with E-state index in [0.29, 0.717) is 5.92 Å². The van der Waals surface area contributed by atoms with Crippen molar-refractivity contribution in [2.75, 3.05) is 5.73 Å². The normalized spacial score (nSPS) is 18.4. The van der Waals surface area contributed by atoms with Gasteiger partial charge < -0.3 is 5.73 Å². The molecule has 2 aromatic rings. The molecule has 0 saturated heterocycles. The number of hydrogen-bond donors (Lipinski definition) is 1. The van der Waals surface area contributed by atoms with Crippen LogP contribution in [0.1, 0.15) is 29.0 Å². The predicted molar refractivity (Wildman–Crippen MR) is 65.3 cm³/mol. The van der Waals surface area contributed by atoms with E-state index < -0.39 is 0 Å². The van der Waals surface area contributed by atoms with E-state index in [-0.39, 0.29) is 0 Å². The lowest BCUT2D eigenvalue weighted by atomic mass is 9.94. The molecule has 0 fully saturated rings. The number of aromatic nitrogens is 1. The summed E-state index contributed by atoms with van der Waals surface area (Å²) in [5, 5.41) is 0. The molecule has 16 heavy (non-hydrogen) atoms. The highest BCUT2D eigenvalue weighted by Gasteiger charge is 2.25. The van der Waals surface area contributed by atoms with Crippen LogP contribution in [0.5, 0.6) is 0 Å². The first kappa shape index (κ1) is 9.40. The van der Waals surface area contributed by atoms with Gasteiger partial charge in [-0.1, -0.05) is 18.2 Å². The number of nitrogens with two attached hydrogens (primary N) is 1. The summed E-state index contributed by atoms with van der Waals surface area (Å²) in [5.41, 5.74) is 10.9. The third kappa shape index (κ3) is 1.38. The molecule has 1 heterocycles. The molecule has 0 spiro atoms. The lowest BCUT2D eigenvalue weighted by molar-refractivity contribution is 0.784. The average molecular weight is 210 g/mol. The molecule has 0 radical (unpaired) electrons. The Morgan fingerprint density at radius 2 is 2.12 bits per heavy atom. The number of hydrogen-bond acceptors (Lipinski definition) is 2. The molecule has 1 atom stereocenters. The minimum atomic E-state index is 0.479. The number of rotatable bonds is 1. The van der Waals surface area contributed by atoms with Crippen LogP contribution in [0, 0.1) is 0 Å². The first-order chi connectivity index (χ1) is 7.86. The van der Waals surface area contributed by atoms with Crippen molar-refractivity contribution in [3.8, 4) is 0 Å². The Labute approximate surface area is 95.1 Å². The van der Waals surface area contributed by atoms with Crippen molar-refractivity contribution in [3.63, 3.8) is 0 Å². The Morgan fingerprint density at radius 1 is 1.19 bits per heavy atom. The van der Waals surface area contributed by atoms with Gasteiger partial charge in [-0.25, -0.2) is 0 Å². The standard InChI is InChI=1S/C14H14N2/c15-14-5-1-4-12-11(6-7-13(12)14)10-3-2-8-16-9-10/h1-5,8-9,11H,6-7,15H2. The van der Waals surface area contributed by atoms with Crippen molar-refractivity contribution in [3.05, 3.63) is 59.4 Å². The van der Waals surface area contributed by atoms with Gasteiger partial charge in [0.15, 0.2) is 0 Å². The Kier molecular flexibility index (Phi) is 2.13. The summed E-state index contributed by atoms with van der Waals surface area (Å²) in [6.45, 7) is 0. The summed E-state index contributed by atoms with van der Waals surface area (Å²) >= 11 is 0. The second-order valence-corrected chi connectivity index (χ2v) is 4.29. The fraction of sp³-hybridized carbons (Fsp3) is 0.214. The van der Waals surface area contributed by atoms with Gasteiger partial charge in [0.2, 0.25) is 0 Å². The van der Waals surface area contributed by atoms with Gasteiger partial charge >= 0.3 is 0 Å². The topological polar surface area (TPSA) is 38.9 Å². The summed E-state index contributed by atoms with van der Waals surface area (Å²) in [6.07, 6.45) is 6.01. The van der Waals surface area contributed by atoms with Crippen LogP contribution in [0.3, 0.4) is 0 Å². The monoisotopic (exact) mass is 210 g/mol. The van der Waals surface area contributed by atoms with Crippen LogP contribution >= 0.6 is 0 Å². The van der Waals surface area contributed by atoms with Crippen LogP contribution in [0.2, 0.25) is 0 Å². The lowest BCUT2D eigenvalue weighted by Gasteiger charge is -2.11. The molecule has 1 aromatic carbocycles. The molecular weight excluding hydrogens is 196 g/mol. The number of fused-ring (bicyclic) bond motifs is 1. The zero-order valence-electron chi connectivity index (χ0n) is 9.06. The van der Waals surface area contributed by atoms with E-state index in [1.165, 1.54) is 16.7 Å². The third-order valence-electron chi connectivity index (χ3n) is 3.39. The first-order valence-electron chi connectivity index (χ1n) is 5.63. The molecule has 1 aliphatic carbocycles. The molecule has 2 nitrogen and oxygen atoms in total. The summed E-state index contributed by atoms with van der Waals surface area (Å²) in [7, 11) is 0. The maximum atomic E-state index is 6.00. The predicted octanol–water partition coefficient (Wildman–Crippen LogP) is 2.74. The second-order valence-electron chi connectivity index (χ2n) is 4.29. The summed E-state index contributed by atoms with van der Waals surface area (Å²) in [4.78, 5) is 4.19. The van der Waals surface area contributed by atoms with Gasteiger partial charge in [0.05, 0.1) is 0 Å². The second kappa shape index (κ2) is 3.63. The molecule has 0 saturated carbocycles. The number of nitrogens with zero attached hydrogens (tertiary/aromatic N) is 1. The maximum absolute atomic E-state index is 6.00. The Bertz CT molecular complexity index is 505. The summed E-state index contributed by atoms with van der Waals surface area (Å²) < 4.78 is 0. The fourth-order valence-corrected chi connectivity index (χ4v) is 2.61. The molecule has 1 unspecified atom stereocenters. The van der Waals surface area contributed by atoms with Crippen molar-refractivity contribution in [2.24, 2.45) is 0 Å². The quantitative estimate of drug-likeness (QED) is 0.735. The molecule has 3 rings (SSSR count).